The molecule has 1 atom stereocenters. The normalized spacial score (nSPS) is 17.6. The van der Waals surface area contributed by atoms with Gasteiger partial charge in [0.15, 0.2) is 11.5 Å². The number of fused-ring (bicyclic) bond motifs is 1. The van der Waals surface area contributed by atoms with Crippen LogP contribution >= 0.6 is 11.3 Å². The summed E-state index contributed by atoms with van der Waals surface area (Å²) in [6, 6.07) is 12.7. The first-order valence-electron chi connectivity index (χ1n) is 10.9. The topological polar surface area (TPSA) is 58.4 Å². The fraction of sp³-hybridized carbons (Fsp3) is 0.417. The van der Waals surface area contributed by atoms with Crippen LogP contribution in [0.1, 0.15) is 58.2 Å². The van der Waals surface area contributed by atoms with E-state index in [1.165, 1.54) is 41.7 Å². The first kappa shape index (κ1) is 19.5. The molecule has 1 saturated heterocycles. The molecule has 1 aliphatic carbocycles. The molecule has 6 heteroatoms. The van der Waals surface area contributed by atoms with Crippen LogP contribution in [0.25, 0.3) is 11.3 Å². The Morgan fingerprint density at radius 3 is 2.73 bits per heavy atom. The van der Waals surface area contributed by atoms with Crippen molar-refractivity contribution in [2.24, 2.45) is 0 Å². The number of carbonyl (C=O) groups is 1. The number of nitrogens with zero attached hydrogens (tertiary/aromatic N) is 2. The average molecular weight is 422 g/mol. The summed E-state index contributed by atoms with van der Waals surface area (Å²) in [5.74, 6) is 0.478. The van der Waals surface area contributed by atoms with Gasteiger partial charge in [0.25, 0.3) is 5.91 Å². The molecule has 1 unspecified atom stereocenters. The molecule has 0 spiro atoms. The van der Waals surface area contributed by atoms with Crippen molar-refractivity contribution in [3.8, 4) is 11.3 Å². The van der Waals surface area contributed by atoms with Crippen LogP contribution in [0.5, 0.6) is 0 Å². The number of nitrogens with one attached hydrogen (secondary N) is 1. The highest BCUT2D eigenvalue weighted by atomic mass is 32.1. The summed E-state index contributed by atoms with van der Waals surface area (Å²) in [7, 11) is 0. The number of rotatable bonds is 6. The Hall–Kier alpha value is -2.44. The summed E-state index contributed by atoms with van der Waals surface area (Å²) >= 11 is 1.75. The lowest BCUT2D eigenvalue weighted by Gasteiger charge is -2.26. The predicted octanol–water partition coefficient (Wildman–Crippen LogP) is 4.85. The molecule has 1 amide bonds. The Labute approximate surface area is 181 Å². The summed E-state index contributed by atoms with van der Waals surface area (Å²) < 4.78 is 5.52. The van der Waals surface area contributed by atoms with Gasteiger partial charge in [0.1, 0.15) is 0 Å². The molecule has 0 bridgehead atoms. The predicted molar refractivity (Wildman–Crippen MR) is 119 cm³/mol. The molecule has 30 heavy (non-hydrogen) atoms. The molecule has 1 fully saturated rings. The van der Waals surface area contributed by atoms with E-state index >= 15 is 0 Å². The number of aryl methyl sites for hydroxylation is 2. The minimum absolute atomic E-state index is 0.177. The lowest BCUT2D eigenvalue weighted by Crippen LogP contribution is -2.36. The summed E-state index contributed by atoms with van der Waals surface area (Å²) in [6.45, 7) is 2.76. The highest BCUT2D eigenvalue weighted by molar-refractivity contribution is 7.10. The highest BCUT2D eigenvalue weighted by Gasteiger charge is 2.25. The van der Waals surface area contributed by atoms with E-state index in [1.807, 2.05) is 0 Å². The van der Waals surface area contributed by atoms with E-state index in [0.717, 1.165) is 31.5 Å². The van der Waals surface area contributed by atoms with E-state index in [-0.39, 0.29) is 11.9 Å². The Bertz CT molecular complexity index is 1010. The number of hydrogen-bond acceptors (Lipinski definition) is 5. The molecular formula is C24H27N3O2S. The van der Waals surface area contributed by atoms with Crippen molar-refractivity contribution in [1.29, 1.82) is 0 Å². The fourth-order valence-electron chi connectivity index (χ4n) is 4.63. The average Bonchev–Trinajstić information content (AvgIpc) is 3.56. The van der Waals surface area contributed by atoms with Gasteiger partial charge >= 0.3 is 0 Å². The zero-order valence-electron chi connectivity index (χ0n) is 17.1. The zero-order chi connectivity index (χ0) is 20.3. The van der Waals surface area contributed by atoms with Crippen LogP contribution in [0.15, 0.2) is 46.3 Å². The number of carbonyl (C=O) groups excluding carboxylic acids is 1. The standard InChI is InChI=1S/C24H27N3O2S/c28-24(25-16-21(23-8-5-13-30-23)27-11-3-4-12-27)20-15-22(29-26-20)19-10-9-17-6-1-2-7-18(17)14-19/h5,8-10,13-15,21H,1-4,6-7,11-12,16H2,(H,25,28). The van der Waals surface area contributed by atoms with E-state index in [2.05, 4.69) is 51.1 Å². The van der Waals surface area contributed by atoms with Crippen LogP contribution in [-0.4, -0.2) is 35.6 Å². The van der Waals surface area contributed by atoms with Crippen molar-refractivity contribution >= 4 is 17.2 Å². The third-order valence-electron chi connectivity index (χ3n) is 6.28. The quantitative estimate of drug-likeness (QED) is 0.618. The van der Waals surface area contributed by atoms with E-state index in [4.69, 9.17) is 4.52 Å². The van der Waals surface area contributed by atoms with Crippen LogP contribution in [0.3, 0.4) is 0 Å². The van der Waals surface area contributed by atoms with Crippen LogP contribution in [-0.2, 0) is 12.8 Å². The van der Waals surface area contributed by atoms with Gasteiger partial charge < -0.3 is 9.84 Å². The Balaban J connectivity index is 1.27. The number of aromatic nitrogens is 1. The van der Waals surface area contributed by atoms with Gasteiger partial charge in [-0.1, -0.05) is 23.4 Å². The van der Waals surface area contributed by atoms with Gasteiger partial charge in [0.05, 0.1) is 6.04 Å². The maximum atomic E-state index is 12.8. The molecule has 1 aliphatic heterocycles. The molecule has 1 N–H and O–H groups in total. The van der Waals surface area contributed by atoms with Crippen LogP contribution < -0.4 is 5.32 Å². The number of hydrogen-bond donors (Lipinski definition) is 1. The van der Waals surface area contributed by atoms with Crippen molar-refractivity contribution in [3.63, 3.8) is 0 Å². The molecule has 1 aromatic carbocycles. The summed E-state index contributed by atoms with van der Waals surface area (Å²) in [5.41, 5.74) is 4.17. The van der Waals surface area contributed by atoms with Crippen molar-refractivity contribution < 1.29 is 9.32 Å². The lowest BCUT2D eigenvalue weighted by molar-refractivity contribution is 0.0929. The van der Waals surface area contributed by atoms with Crippen LogP contribution in [0.4, 0.5) is 0 Å². The van der Waals surface area contributed by atoms with Crippen molar-refractivity contribution in [1.82, 2.24) is 15.4 Å². The molecule has 3 heterocycles. The maximum Gasteiger partial charge on any atom is 0.273 e. The monoisotopic (exact) mass is 421 g/mol. The summed E-state index contributed by atoms with van der Waals surface area (Å²) in [4.78, 5) is 16.5. The molecule has 156 valence electrons. The lowest BCUT2D eigenvalue weighted by atomic mass is 9.90. The molecular weight excluding hydrogens is 394 g/mol. The summed E-state index contributed by atoms with van der Waals surface area (Å²) in [6.07, 6.45) is 7.23. The van der Waals surface area contributed by atoms with E-state index in [1.54, 1.807) is 17.4 Å². The van der Waals surface area contributed by atoms with Crippen molar-refractivity contribution in [2.75, 3.05) is 19.6 Å². The third-order valence-corrected chi connectivity index (χ3v) is 7.26. The van der Waals surface area contributed by atoms with E-state index in [9.17, 15) is 4.79 Å². The second-order valence-corrected chi connectivity index (χ2v) is 9.23. The minimum atomic E-state index is -0.177. The number of likely N-dealkylation sites (tertiary alicyclic amines) is 1. The second-order valence-electron chi connectivity index (χ2n) is 8.25. The Morgan fingerprint density at radius 2 is 1.93 bits per heavy atom. The van der Waals surface area contributed by atoms with Gasteiger partial charge in [-0.05, 0) is 80.3 Å². The van der Waals surface area contributed by atoms with Gasteiger partial charge in [-0.3, -0.25) is 9.69 Å². The molecule has 5 rings (SSSR count). The number of amides is 1. The van der Waals surface area contributed by atoms with Crippen molar-refractivity contribution in [2.45, 2.75) is 44.6 Å². The molecule has 5 nitrogen and oxygen atoms in total. The Morgan fingerprint density at radius 1 is 1.10 bits per heavy atom. The minimum Gasteiger partial charge on any atom is -0.355 e. The SMILES string of the molecule is O=C(NCC(c1cccs1)N1CCCC1)c1cc(-c2ccc3c(c2)CCCC3)on1. The molecule has 0 saturated carbocycles. The first-order valence-corrected chi connectivity index (χ1v) is 11.8. The van der Waals surface area contributed by atoms with Crippen LogP contribution in [0, 0.1) is 0 Å². The molecule has 2 aromatic heterocycles. The van der Waals surface area contributed by atoms with Gasteiger partial charge in [0, 0.05) is 23.1 Å². The molecule has 2 aliphatic rings. The van der Waals surface area contributed by atoms with E-state index < -0.39 is 0 Å². The van der Waals surface area contributed by atoms with Crippen LogP contribution in [0.2, 0.25) is 0 Å². The second kappa shape index (κ2) is 8.74. The fourth-order valence-corrected chi connectivity index (χ4v) is 5.49. The highest BCUT2D eigenvalue weighted by Crippen LogP contribution is 2.29. The van der Waals surface area contributed by atoms with Crippen molar-refractivity contribution in [3.05, 3.63) is 63.5 Å². The smallest absolute Gasteiger partial charge is 0.273 e. The van der Waals surface area contributed by atoms with Gasteiger partial charge in [-0.15, -0.1) is 11.3 Å². The number of benzene rings is 1. The van der Waals surface area contributed by atoms with Gasteiger partial charge in [-0.25, -0.2) is 0 Å². The maximum absolute atomic E-state index is 12.8. The van der Waals surface area contributed by atoms with E-state index in [0.29, 0.717) is 18.0 Å². The molecule has 0 radical (unpaired) electrons. The molecule has 3 aromatic rings. The van der Waals surface area contributed by atoms with Gasteiger partial charge in [-0.2, -0.15) is 0 Å². The zero-order valence-corrected chi connectivity index (χ0v) is 17.9. The number of thiophene rings is 1. The third kappa shape index (κ3) is 4.07. The Kier molecular flexibility index (Phi) is 5.69. The summed E-state index contributed by atoms with van der Waals surface area (Å²) in [5, 5.41) is 9.23. The first-order chi connectivity index (χ1) is 14.8. The van der Waals surface area contributed by atoms with Gasteiger partial charge in [0.2, 0.25) is 0 Å². The largest absolute Gasteiger partial charge is 0.355 e.